The van der Waals surface area contributed by atoms with Gasteiger partial charge in [0.1, 0.15) is 6.54 Å². The monoisotopic (exact) mass is 426 g/mol. The van der Waals surface area contributed by atoms with E-state index in [-0.39, 0.29) is 12.6 Å². The summed E-state index contributed by atoms with van der Waals surface area (Å²) in [6, 6.07) is 8.35. The Balaban J connectivity index is 1.90. The number of carbonyl (C=O) groups is 3. The summed E-state index contributed by atoms with van der Waals surface area (Å²) >= 11 is 0.844. The minimum atomic E-state index is -0.596. The van der Waals surface area contributed by atoms with Crippen molar-refractivity contribution in [1.29, 1.82) is 0 Å². The topological polar surface area (TPSA) is 68.6 Å². The summed E-state index contributed by atoms with van der Waals surface area (Å²) in [5, 5.41) is -0.463. The van der Waals surface area contributed by atoms with Crippen LogP contribution in [0.5, 0.6) is 0 Å². The Morgan fingerprint density at radius 3 is 2.30 bits per heavy atom. The molecule has 0 N–H and O–H groups in total. The number of carbonyl (C=O) groups excluding carboxylic acids is 3. The average Bonchev–Trinajstić information content (AvgIpc) is 3.03. The van der Waals surface area contributed by atoms with Gasteiger partial charge in [0.15, 0.2) is 0 Å². The first kappa shape index (κ1) is 21.9. The maximum Gasteiger partial charge on any atom is 0.326 e. The lowest BCUT2D eigenvalue weighted by atomic mass is 10.1. The molecule has 1 aliphatic heterocycles. The molecule has 1 aliphatic rings. The Kier molecular flexibility index (Phi) is 6.22. The normalized spacial score (nSPS) is 15.6. The summed E-state index contributed by atoms with van der Waals surface area (Å²) in [5.41, 5.74) is 6.28. The van der Waals surface area contributed by atoms with Crippen molar-refractivity contribution in [2.24, 2.45) is 0 Å². The van der Waals surface area contributed by atoms with Crippen molar-refractivity contribution in [3.63, 3.8) is 0 Å². The van der Waals surface area contributed by atoms with Crippen molar-refractivity contribution in [1.82, 2.24) is 9.47 Å². The number of amides is 2. The van der Waals surface area contributed by atoms with Crippen molar-refractivity contribution in [3.8, 4) is 5.69 Å². The molecule has 0 aliphatic carbocycles. The van der Waals surface area contributed by atoms with Crippen LogP contribution in [-0.4, -0.2) is 39.2 Å². The first-order valence-electron chi connectivity index (χ1n) is 9.79. The number of aromatic nitrogens is 1. The van der Waals surface area contributed by atoms with Crippen LogP contribution < -0.4 is 0 Å². The first-order chi connectivity index (χ1) is 14.1. The van der Waals surface area contributed by atoms with Crippen molar-refractivity contribution in [3.05, 3.63) is 57.2 Å². The lowest BCUT2D eigenvalue weighted by molar-refractivity contribution is -0.149. The molecular formula is C23H26N2O4S. The van der Waals surface area contributed by atoms with Crippen LogP contribution in [0.15, 0.2) is 29.2 Å². The van der Waals surface area contributed by atoms with Crippen molar-refractivity contribution >= 4 is 35.0 Å². The molecule has 0 radical (unpaired) electrons. The molecule has 3 rings (SSSR count). The molecule has 0 atom stereocenters. The van der Waals surface area contributed by atoms with Crippen LogP contribution >= 0.6 is 11.8 Å². The molecule has 1 fully saturated rings. The van der Waals surface area contributed by atoms with Crippen LogP contribution in [-0.2, 0) is 14.3 Å². The predicted molar refractivity (Wildman–Crippen MR) is 119 cm³/mol. The van der Waals surface area contributed by atoms with Crippen molar-refractivity contribution in [2.45, 2.75) is 47.6 Å². The fourth-order valence-corrected chi connectivity index (χ4v) is 4.45. The van der Waals surface area contributed by atoms with Gasteiger partial charge in [0.25, 0.3) is 11.1 Å². The van der Waals surface area contributed by atoms with E-state index in [0.717, 1.165) is 39.3 Å². The largest absolute Gasteiger partial charge is 0.462 e. The van der Waals surface area contributed by atoms with Crippen LogP contribution in [0.1, 0.15) is 41.9 Å². The molecule has 1 aromatic carbocycles. The molecule has 0 bridgehead atoms. The fourth-order valence-electron chi connectivity index (χ4n) is 3.62. The van der Waals surface area contributed by atoms with Crippen molar-refractivity contribution in [2.75, 3.05) is 6.54 Å². The highest BCUT2D eigenvalue weighted by molar-refractivity contribution is 8.18. The number of imide groups is 1. The number of aryl methyl sites for hydroxylation is 3. The zero-order chi connectivity index (χ0) is 22.2. The molecule has 1 saturated heterocycles. The van der Waals surface area contributed by atoms with Gasteiger partial charge >= 0.3 is 5.97 Å². The minimum absolute atomic E-state index is 0.302. The van der Waals surface area contributed by atoms with Crippen LogP contribution in [0.4, 0.5) is 4.79 Å². The quantitative estimate of drug-likeness (QED) is 0.512. The zero-order valence-electron chi connectivity index (χ0n) is 18.1. The van der Waals surface area contributed by atoms with Gasteiger partial charge in [-0.05, 0) is 94.3 Å². The van der Waals surface area contributed by atoms with E-state index in [1.165, 1.54) is 11.1 Å². The molecule has 0 unspecified atom stereocenters. The maximum absolute atomic E-state index is 12.7. The number of rotatable bonds is 5. The number of hydrogen-bond donors (Lipinski definition) is 0. The van der Waals surface area contributed by atoms with Gasteiger partial charge in [-0.15, -0.1) is 0 Å². The number of hydrogen-bond acceptors (Lipinski definition) is 5. The van der Waals surface area contributed by atoms with Gasteiger partial charge in [0, 0.05) is 17.1 Å². The van der Waals surface area contributed by atoms with Gasteiger partial charge in [0.2, 0.25) is 0 Å². The summed E-state index contributed by atoms with van der Waals surface area (Å²) < 4.78 is 7.19. The molecule has 30 heavy (non-hydrogen) atoms. The van der Waals surface area contributed by atoms with Gasteiger partial charge in [-0.2, -0.15) is 0 Å². The van der Waals surface area contributed by atoms with Gasteiger partial charge in [-0.1, -0.05) is 6.07 Å². The van der Waals surface area contributed by atoms with Crippen LogP contribution in [0.2, 0.25) is 0 Å². The molecule has 7 heteroatoms. The number of benzene rings is 1. The Labute approximate surface area is 180 Å². The molecule has 0 saturated carbocycles. The number of esters is 1. The molecule has 2 heterocycles. The fraction of sp³-hybridized carbons (Fsp3) is 0.348. The second kappa shape index (κ2) is 8.52. The third-order valence-corrected chi connectivity index (χ3v) is 5.66. The summed E-state index contributed by atoms with van der Waals surface area (Å²) in [6.07, 6.45) is 1.42. The summed E-state index contributed by atoms with van der Waals surface area (Å²) in [6.45, 7) is 11.2. The summed E-state index contributed by atoms with van der Waals surface area (Å²) in [5.74, 6) is -1.07. The van der Waals surface area contributed by atoms with E-state index in [1.54, 1.807) is 19.9 Å². The van der Waals surface area contributed by atoms with E-state index in [0.29, 0.717) is 4.91 Å². The molecule has 2 amide bonds. The Morgan fingerprint density at radius 1 is 1.07 bits per heavy atom. The standard InChI is InChI=1S/C23H26N2O4S/c1-13(2)29-21(26)12-24-22(27)20(30-23(24)28)11-18-10-16(5)25(17(18)6)19-8-14(3)7-15(4)9-19/h7-11,13H,12H2,1-6H3/b20-11+. The van der Waals surface area contributed by atoms with Gasteiger partial charge in [-0.3, -0.25) is 19.3 Å². The molecule has 6 nitrogen and oxygen atoms in total. The lowest BCUT2D eigenvalue weighted by Gasteiger charge is -2.13. The number of thioether (sulfide) groups is 1. The smallest absolute Gasteiger partial charge is 0.326 e. The highest BCUT2D eigenvalue weighted by atomic mass is 32.2. The highest BCUT2D eigenvalue weighted by Crippen LogP contribution is 2.34. The summed E-state index contributed by atoms with van der Waals surface area (Å²) in [7, 11) is 0. The van der Waals surface area contributed by atoms with Gasteiger partial charge in [0.05, 0.1) is 11.0 Å². The third-order valence-electron chi connectivity index (χ3n) is 4.75. The van der Waals surface area contributed by atoms with E-state index in [9.17, 15) is 14.4 Å². The van der Waals surface area contributed by atoms with E-state index in [4.69, 9.17) is 4.74 Å². The van der Waals surface area contributed by atoms with Gasteiger partial charge < -0.3 is 9.30 Å². The van der Waals surface area contributed by atoms with Crippen molar-refractivity contribution < 1.29 is 19.1 Å². The maximum atomic E-state index is 12.7. The van der Waals surface area contributed by atoms with Crippen LogP contribution in [0.3, 0.4) is 0 Å². The van der Waals surface area contributed by atoms with Gasteiger partial charge in [-0.25, -0.2) is 0 Å². The van der Waals surface area contributed by atoms with E-state index < -0.39 is 17.1 Å². The minimum Gasteiger partial charge on any atom is -0.462 e. The van der Waals surface area contributed by atoms with Crippen LogP contribution in [0, 0.1) is 27.7 Å². The summed E-state index contributed by atoms with van der Waals surface area (Å²) in [4.78, 5) is 38.1. The first-order valence-corrected chi connectivity index (χ1v) is 10.6. The molecule has 158 valence electrons. The number of nitrogens with zero attached hydrogens (tertiary/aromatic N) is 2. The Hall–Kier alpha value is -2.80. The Bertz CT molecular complexity index is 1050. The zero-order valence-corrected chi connectivity index (χ0v) is 18.9. The van der Waals surface area contributed by atoms with E-state index in [1.807, 2.05) is 19.9 Å². The van der Waals surface area contributed by atoms with E-state index >= 15 is 0 Å². The lowest BCUT2D eigenvalue weighted by Crippen LogP contribution is -2.35. The van der Waals surface area contributed by atoms with Crippen LogP contribution in [0.25, 0.3) is 11.8 Å². The second-order valence-corrected chi connectivity index (χ2v) is 8.81. The highest BCUT2D eigenvalue weighted by Gasteiger charge is 2.37. The SMILES string of the molecule is Cc1cc(C)cc(-n2c(C)cc(/C=C3/SC(=O)N(CC(=O)OC(C)C)C3=O)c2C)c1. The number of ether oxygens (including phenoxy) is 1. The average molecular weight is 427 g/mol. The molecule has 1 aromatic heterocycles. The molecule has 0 spiro atoms. The second-order valence-electron chi connectivity index (χ2n) is 7.81. The molecule has 2 aromatic rings. The predicted octanol–water partition coefficient (Wildman–Crippen LogP) is 4.70. The van der Waals surface area contributed by atoms with E-state index in [2.05, 4.69) is 36.6 Å². The molecular weight excluding hydrogens is 400 g/mol. The Morgan fingerprint density at radius 2 is 1.70 bits per heavy atom. The third kappa shape index (κ3) is 4.51.